The molecule has 2 aromatic heterocycles. The summed E-state index contributed by atoms with van der Waals surface area (Å²) in [6.07, 6.45) is 5.17. The summed E-state index contributed by atoms with van der Waals surface area (Å²) < 4.78 is 7.35. The van der Waals surface area contributed by atoms with Crippen molar-refractivity contribution in [3.05, 3.63) is 83.1 Å². The molecule has 0 aliphatic carbocycles. The molecule has 0 aliphatic heterocycles. The number of carbonyl (C=O) groups is 2. The molecule has 1 amide bonds. The summed E-state index contributed by atoms with van der Waals surface area (Å²) in [6, 6.07) is 10.8. The van der Waals surface area contributed by atoms with E-state index in [2.05, 4.69) is 10.3 Å². The second-order valence-corrected chi connectivity index (χ2v) is 7.14. The Morgan fingerprint density at radius 1 is 1.10 bits per heavy atom. The highest BCUT2D eigenvalue weighted by Gasteiger charge is 2.15. The van der Waals surface area contributed by atoms with Crippen LogP contribution in [0.5, 0.6) is 0 Å². The van der Waals surface area contributed by atoms with E-state index in [9.17, 15) is 9.59 Å². The molecule has 0 aliphatic rings. The third-order valence-electron chi connectivity index (χ3n) is 5.15. The zero-order valence-corrected chi connectivity index (χ0v) is 16.5. The molecule has 0 radical (unpaired) electrons. The van der Waals surface area contributed by atoms with Crippen molar-refractivity contribution in [2.75, 3.05) is 5.32 Å². The number of aryl methyl sites for hydroxylation is 3. The summed E-state index contributed by atoms with van der Waals surface area (Å²) in [7, 11) is 1.78. The number of imidazole rings is 1. The van der Waals surface area contributed by atoms with Crippen LogP contribution in [0.4, 0.5) is 5.69 Å². The van der Waals surface area contributed by atoms with Crippen LogP contribution in [0, 0.1) is 13.8 Å². The number of nitrogens with zero attached hydrogens (tertiary/aromatic N) is 2. The minimum atomic E-state index is -0.161. The van der Waals surface area contributed by atoms with E-state index in [0.29, 0.717) is 17.1 Å². The van der Waals surface area contributed by atoms with E-state index < -0.39 is 0 Å². The van der Waals surface area contributed by atoms with Gasteiger partial charge in [0.25, 0.3) is 0 Å². The fraction of sp³-hybridized carbons (Fsp3) is 0.174. The van der Waals surface area contributed by atoms with Gasteiger partial charge in [-0.3, -0.25) is 9.59 Å². The maximum absolute atomic E-state index is 12.5. The number of amides is 1. The van der Waals surface area contributed by atoms with Gasteiger partial charge in [-0.1, -0.05) is 12.1 Å². The highest BCUT2D eigenvalue weighted by Crippen LogP contribution is 2.27. The summed E-state index contributed by atoms with van der Waals surface area (Å²) in [5, 5.41) is 3.83. The largest absolute Gasteiger partial charge is 0.464 e. The quantitative estimate of drug-likeness (QED) is 0.521. The molecule has 0 unspecified atom stereocenters. The number of carbonyl (C=O) groups excluding carboxylic acids is 2. The SMILES string of the molecule is Cc1ccc2c(CC(=O)Nc3ccc(C(=O)c4nccn4C)cc3)coc2c1C. The van der Waals surface area contributed by atoms with Crippen molar-refractivity contribution in [2.24, 2.45) is 7.05 Å². The van der Waals surface area contributed by atoms with Crippen LogP contribution in [0.2, 0.25) is 0 Å². The smallest absolute Gasteiger partial charge is 0.228 e. The van der Waals surface area contributed by atoms with Gasteiger partial charge in [-0.15, -0.1) is 0 Å². The van der Waals surface area contributed by atoms with Crippen molar-refractivity contribution in [2.45, 2.75) is 20.3 Å². The molecule has 1 N–H and O–H groups in total. The number of aromatic nitrogens is 2. The number of ketones is 1. The first-order valence-electron chi connectivity index (χ1n) is 9.32. The van der Waals surface area contributed by atoms with E-state index in [-0.39, 0.29) is 18.1 Å². The monoisotopic (exact) mass is 387 g/mol. The molecule has 6 nitrogen and oxygen atoms in total. The fourth-order valence-electron chi connectivity index (χ4n) is 3.32. The van der Waals surface area contributed by atoms with Gasteiger partial charge < -0.3 is 14.3 Å². The minimum absolute atomic E-state index is 0.144. The molecular formula is C23H21N3O3. The van der Waals surface area contributed by atoms with Crippen LogP contribution in [0.1, 0.15) is 32.9 Å². The molecule has 0 bridgehead atoms. The van der Waals surface area contributed by atoms with Gasteiger partial charge in [0.15, 0.2) is 5.82 Å². The predicted octanol–water partition coefficient (Wildman–Crippen LogP) is 4.20. The molecule has 0 saturated heterocycles. The lowest BCUT2D eigenvalue weighted by Gasteiger charge is -2.06. The van der Waals surface area contributed by atoms with Crippen LogP contribution < -0.4 is 5.32 Å². The summed E-state index contributed by atoms with van der Waals surface area (Å²) in [5.41, 5.74) is 5.06. The van der Waals surface area contributed by atoms with Gasteiger partial charge in [0.2, 0.25) is 11.7 Å². The molecule has 2 heterocycles. The van der Waals surface area contributed by atoms with Gasteiger partial charge >= 0.3 is 0 Å². The number of hydrogen-bond donors (Lipinski definition) is 1. The molecule has 0 atom stereocenters. The molecule has 0 spiro atoms. The summed E-state index contributed by atoms with van der Waals surface area (Å²) in [6.45, 7) is 4.05. The van der Waals surface area contributed by atoms with Crippen LogP contribution in [-0.4, -0.2) is 21.2 Å². The van der Waals surface area contributed by atoms with Crippen molar-refractivity contribution in [1.82, 2.24) is 9.55 Å². The Morgan fingerprint density at radius 2 is 1.86 bits per heavy atom. The van der Waals surface area contributed by atoms with E-state index in [1.165, 1.54) is 0 Å². The molecular weight excluding hydrogens is 366 g/mol. The Morgan fingerprint density at radius 3 is 2.55 bits per heavy atom. The fourth-order valence-corrected chi connectivity index (χ4v) is 3.32. The normalized spacial score (nSPS) is 11.0. The predicted molar refractivity (Wildman–Crippen MR) is 111 cm³/mol. The van der Waals surface area contributed by atoms with Gasteiger partial charge in [0, 0.05) is 41.6 Å². The molecule has 0 saturated carbocycles. The Hall–Kier alpha value is -3.67. The van der Waals surface area contributed by atoms with Gasteiger partial charge in [0.05, 0.1) is 12.7 Å². The number of hydrogen-bond acceptors (Lipinski definition) is 4. The van der Waals surface area contributed by atoms with E-state index in [0.717, 1.165) is 27.7 Å². The second kappa shape index (κ2) is 7.39. The average molecular weight is 387 g/mol. The van der Waals surface area contributed by atoms with Gasteiger partial charge in [-0.05, 0) is 49.2 Å². The van der Waals surface area contributed by atoms with Crippen molar-refractivity contribution >= 4 is 28.3 Å². The van der Waals surface area contributed by atoms with Crippen molar-refractivity contribution < 1.29 is 14.0 Å². The zero-order chi connectivity index (χ0) is 20.5. The first-order valence-corrected chi connectivity index (χ1v) is 9.32. The van der Waals surface area contributed by atoms with Gasteiger partial charge in [-0.25, -0.2) is 4.98 Å². The van der Waals surface area contributed by atoms with Crippen molar-refractivity contribution in [3.8, 4) is 0 Å². The molecule has 29 heavy (non-hydrogen) atoms. The van der Waals surface area contributed by atoms with E-state index in [1.807, 2.05) is 26.0 Å². The van der Waals surface area contributed by atoms with Crippen LogP contribution in [0.25, 0.3) is 11.0 Å². The zero-order valence-electron chi connectivity index (χ0n) is 16.5. The molecule has 0 fully saturated rings. The Kier molecular flexibility index (Phi) is 4.76. The van der Waals surface area contributed by atoms with Crippen LogP contribution in [-0.2, 0) is 18.3 Å². The van der Waals surface area contributed by atoms with Crippen LogP contribution in [0.15, 0.2) is 59.5 Å². The number of benzene rings is 2. The average Bonchev–Trinajstić information content (AvgIpc) is 3.31. The first kappa shape index (κ1) is 18.7. The van der Waals surface area contributed by atoms with E-state index >= 15 is 0 Å². The van der Waals surface area contributed by atoms with Gasteiger partial charge in [0.1, 0.15) is 5.58 Å². The molecule has 4 aromatic rings. The highest BCUT2D eigenvalue weighted by molar-refractivity contribution is 6.07. The minimum Gasteiger partial charge on any atom is -0.464 e. The number of fused-ring (bicyclic) bond motifs is 1. The number of rotatable bonds is 5. The second-order valence-electron chi connectivity index (χ2n) is 7.14. The Labute approximate surface area is 168 Å². The lowest BCUT2D eigenvalue weighted by Crippen LogP contribution is -2.14. The summed E-state index contributed by atoms with van der Waals surface area (Å²) >= 11 is 0. The van der Waals surface area contributed by atoms with Gasteiger partial charge in [-0.2, -0.15) is 0 Å². The number of furan rings is 1. The summed E-state index contributed by atoms with van der Waals surface area (Å²) in [4.78, 5) is 29.0. The Balaban J connectivity index is 1.46. The maximum atomic E-state index is 12.5. The van der Waals surface area contributed by atoms with Crippen LogP contribution in [0.3, 0.4) is 0 Å². The van der Waals surface area contributed by atoms with Crippen LogP contribution >= 0.6 is 0 Å². The maximum Gasteiger partial charge on any atom is 0.228 e. The first-order chi connectivity index (χ1) is 13.9. The molecule has 146 valence electrons. The third-order valence-corrected chi connectivity index (χ3v) is 5.15. The lowest BCUT2D eigenvalue weighted by atomic mass is 10.0. The van der Waals surface area contributed by atoms with Crippen molar-refractivity contribution in [3.63, 3.8) is 0 Å². The summed E-state index contributed by atoms with van der Waals surface area (Å²) in [5.74, 6) is 0.0687. The van der Waals surface area contributed by atoms with E-state index in [1.54, 1.807) is 54.5 Å². The topological polar surface area (TPSA) is 77.1 Å². The number of anilines is 1. The molecule has 4 rings (SSSR count). The lowest BCUT2D eigenvalue weighted by molar-refractivity contribution is -0.115. The van der Waals surface area contributed by atoms with E-state index in [4.69, 9.17) is 4.42 Å². The highest BCUT2D eigenvalue weighted by atomic mass is 16.3. The van der Waals surface area contributed by atoms with Crippen molar-refractivity contribution in [1.29, 1.82) is 0 Å². The third kappa shape index (κ3) is 3.57. The number of nitrogens with one attached hydrogen (secondary N) is 1. The molecule has 2 aromatic carbocycles. The standard InChI is InChI=1S/C23H21N3O3/c1-14-4-9-19-17(13-29-22(19)15(14)2)12-20(27)25-18-7-5-16(6-8-18)21(28)23-24-10-11-26(23)3/h4-11,13H,12H2,1-3H3,(H,25,27). The Bertz CT molecular complexity index is 1220. The molecule has 6 heteroatoms.